The second-order valence-corrected chi connectivity index (χ2v) is 8.86. The van der Waals surface area contributed by atoms with Gasteiger partial charge in [0, 0.05) is 35.5 Å². The van der Waals surface area contributed by atoms with Gasteiger partial charge in [0.05, 0.1) is 18.2 Å². The van der Waals surface area contributed by atoms with E-state index in [2.05, 4.69) is 10.3 Å². The molecule has 0 aliphatic heterocycles. The predicted molar refractivity (Wildman–Crippen MR) is 126 cm³/mol. The lowest BCUT2D eigenvalue weighted by atomic mass is 10.0. The molecule has 0 bridgehead atoms. The molecule has 4 aromatic rings. The summed E-state index contributed by atoms with van der Waals surface area (Å²) in [7, 11) is 3.39. The highest BCUT2D eigenvalue weighted by Crippen LogP contribution is 2.35. The third-order valence-electron chi connectivity index (χ3n) is 5.16. The molecule has 1 N–H and O–H groups in total. The van der Waals surface area contributed by atoms with Crippen LogP contribution in [0, 0.1) is 0 Å². The molecule has 2 aromatic carbocycles. The van der Waals surface area contributed by atoms with Gasteiger partial charge in [-0.2, -0.15) is 13.2 Å². The zero-order valence-corrected chi connectivity index (χ0v) is 19.5. The molecule has 4 rings (SSSR count). The number of nitrogens with zero attached hydrogens (tertiary/aromatic N) is 2. The van der Waals surface area contributed by atoms with E-state index in [1.54, 1.807) is 12.1 Å². The standard InChI is InChI=1S/C24H21ClF3N3OS/c1-29-13-17-14-31(33-19-5-3-4-18(12-19)24(26,27)28)21-11-15(6-8-20(17)21)10-16-7-9-22(32-2)30-23(16)25/h3-9,11-12,14,29H,10,13H2,1-2H3. The summed E-state index contributed by atoms with van der Waals surface area (Å²) < 4.78 is 46.5. The summed E-state index contributed by atoms with van der Waals surface area (Å²) in [6, 6.07) is 15.1. The number of nitrogens with one attached hydrogen (secondary N) is 1. The van der Waals surface area contributed by atoms with Crippen LogP contribution in [0.3, 0.4) is 0 Å². The first-order valence-corrected chi connectivity index (χ1v) is 11.3. The Bertz CT molecular complexity index is 1290. The minimum Gasteiger partial charge on any atom is -0.481 e. The van der Waals surface area contributed by atoms with Crippen LogP contribution in [0.2, 0.25) is 5.15 Å². The summed E-state index contributed by atoms with van der Waals surface area (Å²) in [6.45, 7) is 0.639. The Hall–Kier alpha value is -2.68. The first kappa shape index (κ1) is 23.5. The predicted octanol–water partition coefficient (Wildman–Crippen LogP) is 6.58. The molecule has 0 saturated carbocycles. The fourth-order valence-corrected chi connectivity index (χ4v) is 4.77. The van der Waals surface area contributed by atoms with Gasteiger partial charge in [-0.15, -0.1) is 0 Å². The van der Waals surface area contributed by atoms with Gasteiger partial charge in [0.25, 0.3) is 0 Å². The van der Waals surface area contributed by atoms with Gasteiger partial charge in [-0.25, -0.2) is 4.98 Å². The van der Waals surface area contributed by atoms with Crippen molar-refractivity contribution in [2.24, 2.45) is 0 Å². The number of rotatable bonds is 7. The molecule has 0 aliphatic carbocycles. The van der Waals surface area contributed by atoms with E-state index in [-0.39, 0.29) is 0 Å². The summed E-state index contributed by atoms with van der Waals surface area (Å²) in [5.41, 5.74) is 3.18. The molecule has 9 heteroatoms. The van der Waals surface area contributed by atoms with Crippen molar-refractivity contribution in [3.63, 3.8) is 0 Å². The van der Waals surface area contributed by atoms with Crippen molar-refractivity contribution in [3.05, 3.63) is 88.2 Å². The lowest BCUT2D eigenvalue weighted by molar-refractivity contribution is -0.137. The van der Waals surface area contributed by atoms with Gasteiger partial charge in [0.1, 0.15) is 5.15 Å². The average Bonchev–Trinajstić information content (AvgIpc) is 3.11. The zero-order valence-electron chi connectivity index (χ0n) is 17.9. The topological polar surface area (TPSA) is 39.1 Å². The molecule has 33 heavy (non-hydrogen) atoms. The minimum atomic E-state index is -4.38. The highest BCUT2D eigenvalue weighted by Gasteiger charge is 2.30. The van der Waals surface area contributed by atoms with E-state index in [0.717, 1.165) is 33.7 Å². The molecule has 4 nitrogen and oxygen atoms in total. The van der Waals surface area contributed by atoms with Crippen molar-refractivity contribution >= 4 is 34.5 Å². The highest BCUT2D eigenvalue weighted by atomic mass is 35.5. The molecule has 0 saturated heterocycles. The van der Waals surface area contributed by atoms with Gasteiger partial charge in [-0.1, -0.05) is 35.9 Å². The van der Waals surface area contributed by atoms with Crippen LogP contribution >= 0.6 is 23.5 Å². The number of halogens is 4. The summed E-state index contributed by atoms with van der Waals surface area (Å²) in [4.78, 5) is 4.72. The highest BCUT2D eigenvalue weighted by molar-refractivity contribution is 7.98. The molecule has 0 aliphatic rings. The lowest BCUT2D eigenvalue weighted by Crippen LogP contribution is -2.04. The molecule has 0 amide bonds. The third kappa shape index (κ3) is 5.29. The Morgan fingerprint density at radius 1 is 1.09 bits per heavy atom. The van der Waals surface area contributed by atoms with Gasteiger partial charge in [0.2, 0.25) is 5.88 Å². The molecule has 0 spiro atoms. The van der Waals surface area contributed by atoms with Crippen LogP contribution in [0.15, 0.2) is 65.7 Å². The first-order valence-electron chi connectivity index (χ1n) is 10.1. The number of hydrogen-bond acceptors (Lipinski definition) is 4. The maximum absolute atomic E-state index is 13.2. The number of aromatic nitrogens is 2. The van der Waals surface area contributed by atoms with Crippen molar-refractivity contribution in [2.45, 2.75) is 24.0 Å². The van der Waals surface area contributed by atoms with E-state index in [9.17, 15) is 13.2 Å². The van der Waals surface area contributed by atoms with Crippen LogP contribution in [-0.4, -0.2) is 23.1 Å². The van der Waals surface area contributed by atoms with Crippen molar-refractivity contribution < 1.29 is 17.9 Å². The third-order valence-corrected chi connectivity index (χ3v) is 6.45. The van der Waals surface area contributed by atoms with Crippen LogP contribution < -0.4 is 10.1 Å². The summed E-state index contributed by atoms with van der Waals surface area (Å²) in [6.07, 6.45) is -1.87. The van der Waals surface area contributed by atoms with Crippen LogP contribution in [0.25, 0.3) is 10.9 Å². The van der Waals surface area contributed by atoms with Crippen LogP contribution in [0.5, 0.6) is 5.88 Å². The maximum Gasteiger partial charge on any atom is 0.416 e. The average molecular weight is 492 g/mol. The Labute approximate surface area is 198 Å². The SMILES string of the molecule is CNCc1cn(Sc2cccc(C(F)(F)F)c2)c2cc(Cc3ccc(OC)nc3Cl)ccc12. The molecule has 0 unspecified atom stereocenters. The Morgan fingerprint density at radius 2 is 1.91 bits per heavy atom. The first-order chi connectivity index (χ1) is 15.8. The summed E-state index contributed by atoms with van der Waals surface area (Å²) in [5, 5.41) is 4.55. The number of alkyl halides is 3. The molecule has 0 atom stereocenters. The molecule has 0 radical (unpaired) electrons. The second kappa shape index (κ2) is 9.67. The molecule has 2 heterocycles. The van der Waals surface area contributed by atoms with E-state index in [1.807, 2.05) is 41.5 Å². The van der Waals surface area contributed by atoms with Crippen LogP contribution in [-0.2, 0) is 19.1 Å². The molecular formula is C24H21ClF3N3OS. The monoisotopic (exact) mass is 491 g/mol. The van der Waals surface area contributed by atoms with Gasteiger partial charge in [-0.05, 0) is 60.0 Å². The minimum absolute atomic E-state index is 0.374. The summed E-state index contributed by atoms with van der Waals surface area (Å²) >= 11 is 7.56. The van der Waals surface area contributed by atoms with Crippen molar-refractivity contribution in [2.75, 3.05) is 14.2 Å². The van der Waals surface area contributed by atoms with Crippen molar-refractivity contribution in [1.29, 1.82) is 0 Å². The fourth-order valence-electron chi connectivity index (χ4n) is 3.58. The molecule has 2 aromatic heterocycles. The van der Waals surface area contributed by atoms with Crippen LogP contribution in [0.4, 0.5) is 13.2 Å². The van der Waals surface area contributed by atoms with Gasteiger partial charge < -0.3 is 10.1 Å². The quantitative estimate of drug-likeness (QED) is 0.296. The Kier molecular flexibility index (Phi) is 6.88. The second-order valence-electron chi connectivity index (χ2n) is 7.46. The number of methoxy groups -OCH3 is 1. The number of benzene rings is 2. The number of ether oxygens (including phenoxy) is 1. The fraction of sp³-hybridized carbons (Fsp3) is 0.208. The van der Waals surface area contributed by atoms with E-state index < -0.39 is 11.7 Å². The number of pyridine rings is 1. The van der Waals surface area contributed by atoms with E-state index in [1.165, 1.54) is 31.2 Å². The molecule has 0 fully saturated rings. The number of hydrogen-bond donors (Lipinski definition) is 1. The largest absolute Gasteiger partial charge is 0.481 e. The van der Waals surface area contributed by atoms with E-state index >= 15 is 0 Å². The summed E-state index contributed by atoms with van der Waals surface area (Å²) in [5.74, 6) is 0.447. The number of fused-ring (bicyclic) bond motifs is 1. The van der Waals surface area contributed by atoms with Crippen molar-refractivity contribution in [1.82, 2.24) is 14.3 Å². The van der Waals surface area contributed by atoms with Gasteiger partial charge in [-0.3, -0.25) is 3.97 Å². The van der Waals surface area contributed by atoms with E-state index in [4.69, 9.17) is 16.3 Å². The Morgan fingerprint density at radius 3 is 2.61 bits per heavy atom. The molecule has 172 valence electrons. The van der Waals surface area contributed by atoms with E-state index in [0.29, 0.717) is 28.9 Å². The van der Waals surface area contributed by atoms with Crippen LogP contribution in [0.1, 0.15) is 22.3 Å². The normalized spacial score (nSPS) is 11.8. The lowest BCUT2D eigenvalue weighted by Gasteiger charge is -2.10. The molecular weight excluding hydrogens is 471 g/mol. The Balaban J connectivity index is 1.70. The van der Waals surface area contributed by atoms with Crippen molar-refractivity contribution in [3.8, 4) is 5.88 Å². The smallest absolute Gasteiger partial charge is 0.416 e. The maximum atomic E-state index is 13.2. The zero-order chi connectivity index (χ0) is 23.6. The van der Waals surface area contributed by atoms with Gasteiger partial charge >= 0.3 is 6.18 Å². The van der Waals surface area contributed by atoms with Gasteiger partial charge in [0.15, 0.2) is 0 Å².